The Morgan fingerprint density at radius 3 is 2.78 bits per heavy atom. The molecule has 0 aliphatic heterocycles. The van der Waals surface area contributed by atoms with Gasteiger partial charge in [-0.05, 0) is 81.7 Å². The van der Waals surface area contributed by atoms with Gasteiger partial charge in [0.2, 0.25) is 5.24 Å². The highest BCUT2D eigenvalue weighted by Crippen LogP contribution is 2.35. The van der Waals surface area contributed by atoms with Gasteiger partial charge in [0.1, 0.15) is 6.61 Å². The largest absolute Gasteiger partial charge is 0.493 e. The molecule has 23 heavy (non-hydrogen) atoms. The maximum Gasteiger partial charge on any atom is 0.245 e. The molecule has 2 aromatic carbocycles. The topological polar surface area (TPSA) is 35.5 Å². The van der Waals surface area contributed by atoms with Crippen molar-refractivity contribution in [3.8, 4) is 11.5 Å². The van der Waals surface area contributed by atoms with Gasteiger partial charge in [-0.2, -0.15) is 0 Å². The molecule has 0 saturated heterocycles. The van der Waals surface area contributed by atoms with Gasteiger partial charge in [-0.3, -0.25) is 4.79 Å². The number of ether oxygens (including phenoxy) is 2. The fourth-order valence-corrected chi connectivity index (χ4v) is 3.21. The van der Waals surface area contributed by atoms with E-state index in [2.05, 4.69) is 38.5 Å². The summed E-state index contributed by atoms with van der Waals surface area (Å²) >= 11 is 10.9. The standard InChI is InChI=1S/C17H13BrClIO3/c1-22-15-9-11(5-6-16(19)21)8-14(20)17(15)23-10-12-3-2-4-13(18)7-12/h2-9H,10H2,1H3/b6-5+. The van der Waals surface area contributed by atoms with Crippen molar-refractivity contribution in [1.29, 1.82) is 0 Å². The Labute approximate surface area is 161 Å². The number of carbonyl (C=O) groups is 1. The maximum absolute atomic E-state index is 10.8. The highest BCUT2D eigenvalue weighted by atomic mass is 127. The molecule has 0 unspecified atom stereocenters. The van der Waals surface area contributed by atoms with Crippen LogP contribution >= 0.6 is 50.1 Å². The zero-order valence-corrected chi connectivity index (χ0v) is 16.7. The van der Waals surface area contributed by atoms with E-state index >= 15 is 0 Å². The Kier molecular flexibility index (Phi) is 6.92. The van der Waals surface area contributed by atoms with Crippen LogP contribution in [0.15, 0.2) is 46.9 Å². The van der Waals surface area contributed by atoms with Gasteiger partial charge in [-0.15, -0.1) is 0 Å². The Balaban J connectivity index is 2.22. The minimum atomic E-state index is -0.519. The summed E-state index contributed by atoms with van der Waals surface area (Å²) in [5.74, 6) is 1.27. The van der Waals surface area contributed by atoms with Crippen molar-refractivity contribution in [2.24, 2.45) is 0 Å². The lowest BCUT2D eigenvalue weighted by molar-refractivity contribution is -0.107. The van der Waals surface area contributed by atoms with Crippen LogP contribution in [0, 0.1) is 3.57 Å². The predicted molar refractivity (Wildman–Crippen MR) is 104 cm³/mol. The first kappa shape index (κ1) is 18.3. The molecule has 0 amide bonds. The van der Waals surface area contributed by atoms with E-state index in [1.165, 1.54) is 6.08 Å². The summed E-state index contributed by atoms with van der Waals surface area (Å²) in [7, 11) is 1.58. The summed E-state index contributed by atoms with van der Waals surface area (Å²) in [6.45, 7) is 0.432. The highest BCUT2D eigenvalue weighted by Gasteiger charge is 2.11. The average molecular weight is 508 g/mol. The summed E-state index contributed by atoms with van der Waals surface area (Å²) in [6.07, 6.45) is 2.94. The Morgan fingerprint density at radius 1 is 1.35 bits per heavy atom. The molecule has 2 aromatic rings. The predicted octanol–water partition coefficient (Wildman–Crippen LogP) is 5.42. The number of methoxy groups -OCH3 is 1. The van der Waals surface area contributed by atoms with Crippen molar-refractivity contribution in [2.75, 3.05) is 7.11 Å². The zero-order valence-electron chi connectivity index (χ0n) is 12.2. The lowest BCUT2D eigenvalue weighted by atomic mass is 10.2. The molecule has 0 radical (unpaired) electrons. The summed E-state index contributed by atoms with van der Waals surface area (Å²) in [6, 6.07) is 11.6. The molecule has 0 N–H and O–H groups in total. The molecule has 0 fully saturated rings. The third-order valence-electron chi connectivity index (χ3n) is 2.93. The van der Waals surface area contributed by atoms with Crippen LogP contribution in [-0.2, 0) is 11.4 Å². The Morgan fingerprint density at radius 2 is 2.13 bits per heavy atom. The van der Waals surface area contributed by atoms with Gasteiger partial charge in [-0.1, -0.05) is 28.1 Å². The van der Waals surface area contributed by atoms with E-state index in [1.807, 2.05) is 30.3 Å². The number of hydrogen-bond acceptors (Lipinski definition) is 3. The molecule has 3 nitrogen and oxygen atoms in total. The second-order valence-corrected chi connectivity index (χ2v) is 7.04. The first-order valence-corrected chi connectivity index (χ1v) is 8.87. The van der Waals surface area contributed by atoms with Crippen molar-refractivity contribution in [3.05, 3.63) is 61.6 Å². The van der Waals surface area contributed by atoms with Gasteiger partial charge in [0.15, 0.2) is 11.5 Å². The van der Waals surface area contributed by atoms with E-state index in [4.69, 9.17) is 21.1 Å². The monoisotopic (exact) mass is 506 g/mol. The lowest BCUT2D eigenvalue weighted by Gasteiger charge is -2.14. The first-order valence-electron chi connectivity index (χ1n) is 6.62. The summed E-state index contributed by atoms with van der Waals surface area (Å²) < 4.78 is 13.2. The van der Waals surface area contributed by atoms with Crippen molar-refractivity contribution in [2.45, 2.75) is 6.61 Å². The molecule has 0 aliphatic carbocycles. The molecule has 120 valence electrons. The minimum Gasteiger partial charge on any atom is -0.493 e. The normalized spacial score (nSPS) is 10.8. The molecule has 0 spiro atoms. The number of rotatable bonds is 6. The summed E-state index contributed by atoms with van der Waals surface area (Å²) in [5, 5.41) is -0.519. The molecule has 0 atom stereocenters. The quantitative estimate of drug-likeness (QED) is 0.298. The second kappa shape index (κ2) is 8.70. The van der Waals surface area contributed by atoms with Gasteiger partial charge in [-0.25, -0.2) is 0 Å². The molecular weight excluding hydrogens is 494 g/mol. The van der Waals surface area contributed by atoms with E-state index in [-0.39, 0.29) is 0 Å². The molecular formula is C17H13BrClIO3. The van der Waals surface area contributed by atoms with Crippen molar-refractivity contribution < 1.29 is 14.3 Å². The average Bonchev–Trinajstić information content (AvgIpc) is 2.51. The van der Waals surface area contributed by atoms with Crippen LogP contribution in [-0.4, -0.2) is 12.4 Å². The van der Waals surface area contributed by atoms with Crippen molar-refractivity contribution in [3.63, 3.8) is 0 Å². The van der Waals surface area contributed by atoms with E-state index in [1.54, 1.807) is 19.3 Å². The van der Waals surface area contributed by atoms with Crippen LogP contribution in [0.25, 0.3) is 6.08 Å². The van der Waals surface area contributed by atoms with E-state index in [0.717, 1.165) is 19.2 Å². The van der Waals surface area contributed by atoms with Crippen molar-refractivity contribution >= 4 is 61.4 Å². The number of hydrogen-bond donors (Lipinski definition) is 0. The second-order valence-electron chi connectivity index (χ2n) is 4.59. The molecule has 0 aromatic heterocycles. The fraction of sp³-hybridized carbons (Fsp3) is 0.118. The van der Waals surface area contributed by atoms with E-state index in [0.29, 0.717) is 18.1 Å². The van der Waals surface area contributed by atoms with Gasteiger partial charge >= 0.3 is 0 Å². The Hall–Kier alpha value is -1.05. The van der Waals surface area contributed by atoms with Crippen molar-refractivity contribution in [1.82, 2.24) is 0 Å². The number of benzene rings is 2. The Bertz CT molecular complexity index is 747. The smallest absolute Gasteiger partial charge is 0.245 e. The number of halogens is 3. The third kappa shape index (κ3) is 5.51. The first-order chi connectivity index (χ1) is 11.0. The summed E-state index contributed by atoms with van der Waals surface area (Å²) in [4.78, 5) is 10.8. The van der Waals surface area contributed by atoms with Gasteiger partial charge < -0.3 is 9.47 Å². The lowest BCUT2D eigenvalue weighted by Crippen LogP contribution is -2.00. The van der Waals surface area contributed by atoms with Crippen LogP contribution < -0.4 is 9.47 Å². The molecule has 0 aliphatic rings. The fourth-order valence-electron chi connectivity index (χ4n) is 1.92. The van der Waals surface area contributed by atoms with Crippen LogP contribution in [0.1, 0.15) is 11.1 Å². The molecule has 0 heterocycles. The summed E-state index contributed by atoms with van der Waals surface area (Å²) in [5.41, 5.74) is 1.86. The van der Waals surface area contributed by atoms with E-state index < -0.39 is 5.24 Å². The van der Waals surface area contributed by atoms with Crippen LogP contribution in [0.5, 0.6) is 11.5 Å². The SMILES string of the molecule is COc1cc(/C=C/C(=O)Cl)cc(I)c1OCc1cccc(Br)c1. The molecule has 0 bridgehead atoms. The van der Waals surface area contributed by atoms with Gasteiger partial charge in [0, 0.05) is 4.47 Å². The van der Waals surface area contributed by atoms with Crippen LogP contribution in [0.2, 0.25) is 0 Å². The molecule has 6 heteroatoms. The molecule has 2 rings (SSSR count). The van der Waals surface area contributed by atoms with E-state index in [9.17, 15) is 4.79 Å². The minimum absolute atomic E-state index is 0.432. The van der Waals surface area contributed by atoms with Gasteiger partial charge in [0.25, 0.3) is 0 Å². The number of carbonyl (C=O) groups excluding carboxylic acids is 1. The number of allylic oxidation sites excluding steroid dienone is 1. The maximum atomic E-state index is 10.8. The highest BCUT2D eigenvalue weighted by molar-refractivity contribution is 14.1. The van der Waals surface area contributed by atoms with Crippen LogP contribution in [0.3, 0.4) is 0 Å². The van der Waals surface area contributed by atoms with Crippen LogP contribution in [0.4, 0.5) is 0 Å². The zero-order chi connectivity index (χ0) is 16.8. The third-order valence-corrected chi connectivity index (χ3v) is 4.35. The van der Waals surface area contributed by atoms with Gasteiger partial charge in [0.05, 0.1) is 10.7 Å². The molecule has 0 saturated carbocycles.